The fourth-order valence-corrected chi connectivity index (χ4v) is 3.15. The molecule has 25 heavy (non-hydrogen) atoms. The van der Waals surface area contributed by atoms with Crippen molar-refractivity contribution in [3.8, 4) is 28.8 Å². The molecule has 0 aliphatic carbocycles. The lowest BCUT2D eigenvalue weighted by atomic mass is 10.1. The summed E-state index contributed by atoms with van der Waals surface area (Å²) in [5, 5.41) is 21.9. The Morgan fingerprint density at radius 1 is 1.24 bits per heavy atom. The van der Waals surface area contributed by atoms with Gasteiger partial charge in [0.2, 0.25) is 0 Å². The number of nitrogens with zero attached hydrogens (tertiary/aromatic N) is 2. The zero-order valence-electron chi connectivity index (χ0n) is 13.9. The first kappa shape index (κ1) is 16.7. The number of thiazole rings is 1. The van der Waals surface area contributed by atoms with Crippen molar-refractivity contribution in [1.82, 2.24) is 4.98 Å². The fourth-order valence-electron chi connectivity index (χ4n) is 2.36. The lowest BCUT2D eigenvalue weighted by Gasteiger charge is -2.03. The van der Waals surface area contributed by atoms with Crippen LogP contribution in [-0.4, -0.2) is 17.2 Å². The Hall–Kier alpha value is -3.10. The summed E-state index contributed by atoms with van der Waals surface area (Å²) < 4.78 is 5.03. The highest BCUT2D eigenvalue weighted by Crippen LogP contribution is 2.30. The number of phenolic OH excluding ortho intramolecular Hbond substituents is 1. The maximum absolute atomic E-state index is 9.87. The molecule has 0 fully saturated rings. The van der Waals surface area contributed by atoms with E-state index < -0.39 is 0 Å². The van der Waals surface area contributed by atoms with Crippen molar-refractivity contribution in [3.63, 3.8) is 0 Å². The first-order valence-corrected chi connectivity index (χ1v) is 8.50. The molecule has 0 spiro atoms. The van der Waals surface area contributed by atoms with Crippen molar-refractivity contribution in [1.29, 1.82) is 5.26 Å². The quantitative estimate of drug-likeness (QED) is 0.681. The highest BCUT2D eigenvalue weighted by Gasteiger charge is 2.10. The van der Waals surface area contributed by atoms with E-state index in [1.165, 1.54) is 24.0 Å². The number of hydrogen-bond acceptors (Lipinski definition) is 5. The van der Waals surface area contributed by atoms with E-state index >= 15 is 0 Å². The van der Waals surface area contributed by atoms with Crippen molar-refractivity contribution in [2.24, 2.45) is 0 Å². The second-order valence-corrected chi connectivity index (χ2v) is 6.36. The fraction of sp³-hybridized carbons (Fsp3) is 0.100. The summed E-state index contributed by atoms with van der Waals surface area (Å²) in [5.41, 5.74) is 4.22. The predicted molar refractivity (Wildman–Crippen MR) is 100 cm³/mol. The Morgan fingerprint density at radius 3 is 2.64 bits per heavy atom. The molecule has 0 radical (unpaired) electrons. The summed E-state index contributed by atoms with van der Waals surface area (Å²) in [5.74, 6) is 0.430. The largest absolute Gasteiger partial charge is 0.504 e. The number of phenols is 1. The summed E-state index contributed by atoms with van der Waals surface area (Å²) in [7, 11) is 1.49. The third kappa shape index (κ3) is 3.70. The topological polar surface area (TPSA) is 66.1 Å². The first-order valence-electron chi connectivity index (χ1n) is 7.62. The van der Waals surface area contributed by atoms with Gasteiger partial charge in [0.25, 0.3) is 0 Å². The molecule has 0 aliphatic rings. The Bertz CT molecular complexity index is 966. The van der Waals surface area contributed by atoms with Gasteiger partial charge in [0, 0.05) is 10.9 Å². The maximum Gasteiger partial charge on any atom is 0.160 e. The van der Waals surface area contributed by atoms with E-state index in [4.69, 9.17) is 4.74 Å². The molecule has 1 aromatic heterocycles. The number of aryl methyl sites for hydroxylation is 1. The minimum absolute atomic E-state index is 0.0352. The summed E-state index contributed by atoms with van der Waals surface area (Å²) in [6.45, 7) is 2.04. The van der Waals surface area contributed by atoms with E-state index in [0.717, 1.165) is 11.3 Å². The van der Waals surface area contributed by atoms with E-state index in [1.807, 2.05) is 36.6 Å². The molecule has 0 unspecified atom stereocenters. The van der Waals surface area contributed by atoms with Crippen LogP contribution < -0.4 is 4.74 Å². The average Bonchev–Trinajstić information content (AvgIpc) is 3.10. The maximum atomic E-state index is 9.87. The lowest BCUT2D eigenvalue weighted by molar-refractivity contribution is 0.373. The number of aromatic nitrogens is 1. The molecule has 1 N–H and O–H groups in total. The second-order valence-electron chi connectivity index (χ2n) is 5.51. The standard InChI is InChI=1S/C20H16N2O2S/c1-13-3-6-15(7-4-13)17-12-25-20(22-17)16(11-21)9-14-5-8-19(24-2)18(23)10-14/h3-10,12,23H,1-2H3/b16-9-. The Labute approximate surface area is 150 Å². The molecule has 3 aromatic rings. The molecule has 0 amide bonds. The monoisotopic (exact) mass is 348 g/mol. The van der Waals surface area contributed by atoms with Gasteiger partial charge in [-0.05, 0) is 30.7 Å². The van der Waals surface area contributed by atoms with Gasteiger partial charge >= 0.3 is 0 Å². The molecule has 0 saturated carbocycles. The van der Waals surface area contributed by atoms with Gasteiger partial charge in [0.05, 0.1) is 18.4 Å². The van der Waals surface area contributed by atoms with Crippen LogP contribution in [0.1, 0.15) is 16.1 Å². The number of nitriles is 1. The number of ether oxygens (including phenoxy) is 1. The molecular formula is C20H16N2O2S. The van der Waals surface area contributed by atoms with Crippen LogP contribution in [0.5, 0.6) is 11.5 Å². The highest BCUT2D eigenvalue weighted by atomic mass is 32.1. The third-order valence-electron chi connectivity index (χ3n) is 3.72. The van der Waals surface area contributed by atoms with E-state index in [-0.39, 0.29) is 5.75 Å². The molecule has 4 nitrogen and oxygen atoms in total. The zero-order valence-corrected chi connectivity index (χ0v) is 14.7. The number of hydrogen-bond donors (Lipinski definition) is 1. The van der Waals surface area contributed by atoms with Crippen LogP contribution in [-0.2, 0) is 0 Å². The van der Waals surface area contributed by atoms with Gasteiger partial charge in [0.1, 0.15) is 11.1 Å². The SMILES string of the molecule is COc1ccc(/C=C(/C#N)c2nc(-c3ccc(C)cc3)cs2)cc1O. The van der Waals surface area contributed by atoms with E-state index in [0.29, 0.717) is 21.9 Å². The third-order valence-corrected chi connectivity index (χ3v) is 4.59. The van der Waals surface area contributed by atoms with Crippen molar-refractivity contribution in [2.45, 2.75) is 6.92 Å². The Balaban J connectivity index is 1.92. The number of methoxy groups -OCH3 is 1. The van der Waals surface area contributed by atoms with Crippen LogP contribution >= 0.6 is 11.3 Å². The molecule has 124 valence electrons. The van der Waals surface area contributed by atoms with Gasteiger partial charge < -0.3 is 9.84 Å². The molecule has 5 heteroatoms. The van der Waals surface area contributed by atoms with E-state index in [1.54, 1.807) is 24.3 Å². The molecule has 0 aliphatic heterocycles. The van der Waals surface area contributed by atoms with E-state index in [2.05, 4.69) is 11.1 Å². The van der Waals surface area contributed by atoms with Gasteiger partial charge in [-0.2, -0.15) is 5.26 Å². The molecule has 0 bridgehead atoms. The lowest BCUT2D eigenvalue weighted by Crippen LogP contribution is -1.85. The zero-order chi connectivity index (χ0) is 17.8. The predicted octanol–water partition coefficient (Wildman–Crippen LogP) is 4.90. The molecule has 0 atom stereocenters. The number of benzene rings is 2. The first-order chi connectivity index (χ1) is 12.1. The molecule has 1 heterocycles. The minimum atomic E-state index is 0.0352. The molecule has 3 rings (SSSR count). The number of allylic oxidation sites excluding steroid dienone is 1. The number of rotatable bonds is 4. The van der Waals surface area contributed by atoms with E-state index in [9.17, 15) is 10.4 Å². The summed E-state index contributed by atoms with van der Waals surface area (Å²) in [6, 6.07) is 15.3. The van der Waals surface area contributed by atoms with Crippen LogP contribution in [0.2, 0.25) is 0 Å². The Kier molecular flexibility index (Phi) is 4.82. The van der Waals surface area contributed by atoms with Gasteiger partial charge in [0.15, 0.2) is 11.5 Å². The van der Waals surface area contributed by atoms with Gasteiger partial charge in [-0.1, -0.05) is 35.9 Å². The molecule has 0 saturated heterocycles. The smallest absolute Gasteiger partial charge is 0.160 e. The number of aromatic hydroxyl groups is 1. The second kappa shape index (κ2) is 7.20. The van der Waals surface area contributed by atoms with Crippen LogP contribution in [0.4, 0.5) is 0 Å². The van der Waals surface area contributed by atoms with Crippen LogP contribution in [0.25, 0.3) is 22.9 Å². The van der Waals surface area contributed by atoms with Crippen LogP contribution in [0.15, 0.2) is 47.8 Å². The summed E-state index contributed by atoms with van der Waals surface area (Å²) in [6.07, 6.45) is 1.71. The van der Waals surface area contributed by atoms with Crippen molar-refractivity contribution in [3.05, 3.63) is 64.0 Å². The normalized spacial score (nSPS) is 11.2. The van der Waals surface area contributed by atoms with Crippen molar-refractivity contribution < 1.29 is 9.84 Å². The van der Waals surface area contributed by atoms with Gasteiger partial charge in [-0.25, -0.2) is 4.98 Å². The summed E-state index contributed by atoms with van der Waals surface area (Å²) >= 11 is 1.42. The minimum Gasteiger partial charge on any atom is -0.504 e. The van der Waals surface area contributed by atoms with Crippen molar-refractivity contribution in [2.75, 3.05) is 7.11 Å². The van der Waals surface area contributed by atoms with Crippen molar-refractivity contribution >= 4 is 23.0 Å². The van der Waals surface area contributed by atoms with Gasteiger partial charge in [-0.3, -0.25) is 0 Å². The molecule has 2 aromatic carbocycles. The average molecular weight is 348 g/mol. The molecular weight excluding hydrogens is 332 g/mol. The van der Waals surface area contributed by atoms with Crippen LogP contribution in [0, 0.1) is 18.3 Å². The summed E-state index contributed by atoms with van der Waals surface area (Å²) in [4.78, 5) is 4.57. The van der Waals surface area contributed by atoms with Gasteiger partial charge in [-0.15, -0.1) is 11.3 Å². The van der Waals surface area contributed by atoms with Crippen LogP contribution in [0.3, 0.4) is 0 Å². The highest BCUT2D eigenvalue weighted by molar-refractivity contribution is 7.11. The Morgan fingerprint density at radius 2 is 2.00 bits per heavy atom.